The summed E-state index contributed by atoms with van der Waals surface area (Å²) in [5.41, 5.74) is 7.03. The zero-order valence-corrected chi connectivity index (χ0v) is 13.2. The van der Waals surface area contributed by atoms with Crippen LogP contribution < -0.4 is 16.4 Å². The van der Waals surface area contributed by atoms with Crippen LogP contribution in [0.4, 0.5) is 5.69 Å². The van der Waals surface area contributed by atoms with Gasteiger partial charge in [0.25, 0.3) is 5.91 Å². The van der Waals surface area contributed by atoms with Gasteiger partial charge in [0, 0.05) is 29.8 Å². The second-order valence-corrected chi connectivity index (χ2v) is 5.94. The van der Waals surface area contributed by atoms with Crippen molar-refractivity contribution >= 4 is 17.5 Å². The number of nitrogens with one attached hydrogen (secondary N) is 2. The molecule has 0 aromatic heterocycles. The highest BCUT2D eigenvalue weighted by Gasteiger charge is 2.24. The van der Waals surface area contributed by atoms with Gasteiger partial charge in [-0.1, -0.05) is 6.92 Å². The van der Waals surface area contributed by atoms with Crippen molar-refractivity contribution in [2.24, 2.45) is 5.73 Å². The van der Waals surface area contributed by atoms with Crippen LogP contribution in [0.3, 0.4) is 0 Å². The Morgan fingerprint density at radius 2 is 1.95 bits per heavy atom. The fourth-order valence-electron chi connectivity index (χ4n) is 2.15. The molecule has 4 N–H and O–H groups in total. The molecule has 0 unspecified atom stereocenters. The average Bonchev–Trinajstić information content (AvgIpc) is 2.33. The van der Waals surface area contributed by atoms with Gasteiger partial charge in [-0.05, 0) is 51.0 Å². The number of aryl methyl sites for hydroxylation is 1. The fraction of sp³-hybridized carbons (Fsp3) is 0.500. The van der Waals surface area contributed by atoms with Gasteiger partial charge >= 0.3 is 0 Å². The first-order chi connectivity index (χ1) is 9.75. The number of rotatable bonds is 7. The number of carbonyl (C=O) groups is 2. The summed E-state index contributed by atoms with van der Waals surface area (Å²) in [5.74, 6) is -0.628. The number of amides is 2. The first-order valence-corrected chi connectivity index (χ1v) is 7.20. The van der Waals surface area contributed by atoms with Crippen molar-refractivity contribution in [3.05, 3.63) is 29.3 Å². The van der Waals surface area contributed by atoms with Gasteiger partial charge in [-0.15, -0.1) is 0 Å². The van der Waals surface area contributed by atoms with E-state index in [0.717, 1.165) is 24.2 Å². The second kappa shape index (κ2) is 7.11. The number of carbonyl (C=O) groups excluding carboxylic acids is 2. The minimum Gasteiger partial charge on any atom is -0.385 e. The summed E-state index contributed by atoms with van der Waals surface area (Å²) < 4.78 is 0. The number of benzene rings is 1. The van der Waals surface area contributed by atoms with Crippen molar-refractivity contribution in [1.29, 1.82) is 0 Å². The number of anilines is 1. The molecule has 1 rings (SSSR count). The lowest BCUT2D eigenvalue weighted by molar-refractivity contribution is -0.119. The molecule has 0 bridgehead atoms. The normalized spacial score (nSPS) is 11.0. The van der Waals surface area contributed by atoms with E-state index in [1.165, 1.54) is 0 Å². The molecule has 21 heavy (non-hydrogen) atoms. The summed E-state index contributed by atoms with van der Waals surface area (Å²) in [7, 11) is 0. The first kappa shape index (κ1) is 17.0. The molecule has 0 spiro atoms. The highest BCUT2D eigenvalue weighted by molar-refractivity contribution is 5.96. The van der Waals surface area contributed by atoms with Crippen LogP contribution in [0.2, 0.25) is 0 Å². The topological polar surface area (TPSA) is 84.2 Å². The summed E-state index contributed by atoms with van der Waals surface area (Å²) >= 11 is 0. The van der Waals surface area contributed by atoms with Gasteiger partial charge in [0.15, 0.2) is 0 Å². The van der Waals surface area contributed by atoms with Gasteiger partial charge in [0.1, 0.15) is 0 Å². The summed E-state index contributed by atoms with van der Waals surface area (Å²) in [6.45, 7) is 8.45. The van der Waals surface area contributed by atoms with Gasteiger partial charge < -0.3 is 16.4 Å². The SMILES string of the molecule is CCCNc1ccc(C(=O)NC(C)(C)CC(N)=O)c(C)c1. The molecule has 1 aromatic rings. The van der Waals surface area contributed by atoms with Crippen LogP contribution >= 0.6 is 0 Å². The predicted molar refractivity (Wildman–Crippen MR) is 85.3 cm³/mol. The Kier molecular flexibility index (Phi) is 5.76. The maximum Gasteiger partial charge on any atom is 0.251 e. The Hall–Kier alpha value is -2.04. The second-order valence-electron chi connectivity index (χ2n) is 5.94. The molecule has 0 radical (unpaired) electrons. The largest absolute Gasteiger partial charge is 0.385 e. The van der Waals surface area contributed by atoms with Gasteiger partial charge in [0.2, 0.25) is 5.91 Å². The molecule has 5 heteroatoms. The van der Waals surface area contributed by atoms with E-state index in [9.17, 15) is 9.59 Å². The Labute approximate surface area is 126 Å². The average molecular weight is 291 g/mol. The van der Waals surface area contributed by atoms with Crippen molar-refractivity contribution < 1.29 is 9.59 Å². The van der Waals surface area contributed by atoms with Crippen LogP contribution in [0.1, 0.15) is 49.5 Å². The molecular weight excluding hydrogens is 266 g/mol. The van der Waals surface area contributed by atoms with E-state index >= 15 is 0 Å². The quantitative estimate of drug-likeness (QED) is 0.720. The zero-order valence-electron chi connectivity index (χ0n) is 13.2. The lowest BCUT2D eigenvalue weighted by atomic mass is 9.98. The predicted octanol–water partition coefficient (Wildman–Crippen LogP) is 2.20. The fourth-order valence-corrected chi connectivity index (χ4v) is 2.15. The number of primary amides is 1. The third-order valence-corrected chi connectivity index (χ3v) is 3.12. The maximum absolute atomic E-state index is 12.3. The summed E-state index contributed by atoms with van der Waals surface area (Å²) in [5, 5.41) is 6.13. The van der Waals surface area contributed by atoms with Gasteiger partial charge in [-0.25, -0.2) is 0 Å². The molecule has 0 aliphatic carbocycles. The van der Waals surface area contributed by atoms with Crippen LogP contribution in [0.5, 0.6) is 0 Å². The van der Waals surface area contributed by atoms with Crippen LogP contribution in [-0.2, 0) is 4.79 Å². The third kappa shape index (κ3) is 5.45. The van der Waals surface area contributed by atoms with E-state index < -0.39 is 11.4 Å². The molecule has 2 amide bonds. The number of hydrogen-bond acceptors (Lipinski definition) is 3. The molecule has 0 atom stereocenters. The van der Waals surface area contributed by atoms with Gasteiger partial charge in [0.05, 0.1) is 0 Å². The standard InChI is InChI=1S/C16H25N3O2/c1-5-8-18-12-6-7-13(11(2)9-12)15(21)19-16(3,4)10-14(17)20/h6-7,9,18H,5,8,10H2,1-4H3,(H2,17,20)(H,19,21). The van der Waals surface area contributed by atoms with E-state index in [0.29, 0.717) is 5.56 Å². The molecule has 1 aromatic carbocycles. The first-order valence-electron chi connectivity index (χ1n) is 7.20. The van der Waals surface area contributed by atoms with Crippen LogP contribution in [-0.4, -0.2) is 23.9 Å². The van der Waals surface area contributed by atoms with E-state index in [1.807, 2.05) is 19.1 Å². The monoisotopic (exact) mass is 291 g/mol. The third-order valence-electron chi connectivity index (χ3n) is 3.12. The molecule has 0 fully saturated rings. The van der Waals surface area contributed by atoms with Crippen LogP contribution in [0, 0.1) is 6.92 Å². The molecule has 0 aliphatic heterocycles. The van der Waals surface area contributed by atoms with Crippen LogP contribution in [0.25, 0.3) is 0 Å². The van der Waals surface area contributed by atoms with Crippen molar-refractivity contribution in [2.75, 3.05) is 11.9 Å². The zero-order chi connectivity index (χ0) is 16.0. The lowest BCUT2D eigenvalue weighted by Crippen LogP contribution is -2.46. The smallest absolute Gasteiger partial charge is 0.251 e. The molecule has 0 saturated heterocycles. The summed E-state index contributed by atoms with van der Waals surface area (Å²) in [6, 6.07) is 5.63. The minimum absolute atomic E-state index is 0.105. The Balaban J connectivity index is 2.81. The van der Waals surface area contributed by atoms with Crippen molar-refractivity contribution in [1.82, 2.24) is 5.32 Å². The molecule has 0 heterocycles. The highest BCUT2D eigenvalue weighted by atomic mass is 16.2. The molecule has 0 saturated carbocycles. The van der Waals surface area contributed by atoms with Crippen molar-refractivity contribution in [2.45, 2.75) is 46.1 Å². The van der Waals surface area contributed by atoms with E-state index in [2.05, 4.69) is 17.6 Å². The Bertz CT molecular complexity index is 524. The molecular formula is C16H25N3O2. The van der Waals surface area contributed by atoms with E-state index in [1.54, 1.807) is 19.9 Å². The molecule has 0 aliphatic rings. The molecule has 5 nitrogen and oxygen atoms in total. The Morgan fingerprint density at radius 1 is 1.29 bits per heavy atom. The van der Waals surface area contributed by atoms with Crippen molar-refractivity contribution in [3.8, 4) is 0 Å². The highest BCUT2D eigenvalue weighted by Crippen LogP contribution is 2.17. The summed E-state index contributed by atoms with van der Waals surface area (Å²) in [6.07, 6.45) is 1.15. The molecule has 116 valence electrons. The van der Waals surface area contributed by atoms with Crippen LogP contribution in [0.15, 0.2) is 18.2 Å². The lowest BCUT2D eigenvalue weighted by Gasteiger charge is -2.25. The maximum atomic E-state index is 12.3. The van der Waals surface area contributed by atoms with E-state index in [4.69, 9.17) is 5.73 Å². The minimum atomic E-state index is -0.658. The summed E-state index contributed by atoms with van der Waals surface area (Å²) in [4.78, 5) is 23.3. The number of hydrogen-bond donors (Lipinski definition) is 3. The van der Waals surface area contributed by atoms with E-state index in [-0.39, 0.29) is 12.3 Å². The Morgan fingerprint density at radius 3 is 2.48 bits per heavy atom. The van der Waals surface area contributed by atoms with Gasteiger partial charge in [-0.3, -0.25) is 9.59 Å². The number of nitrogens with two attached hydrogens (primary N) is 1. The van der Waals surface area contributed by atoms with Crippen molar-refractivity contribution in [3.63, 3.8) is 0 Å². The van der Waals surface area contributed by atoms with Gasteiger partial charge in [-0.2, -0.15) is 0 Å².